The summed E-state index contributed by atoms with van der Waals surface area (Å²) < 4.78 is 51.5. The van der Waals surface area contributed by atoms with Crippen molar-refractivity contribution in [3.63, 3.8) is 0 Å². The van der Waals surface area contributed by atoms with Crippen molar-refractivity contribution in [1.29, 1.82) is 0 Å². The van der Waals surface area contributed by atoms with Crippen molar-refractivity contribution >= 4 is 38.8 Å². The van der Waals surface area contributed by atoms with Gasteiger partial charge in [0.05, 0.1) is 21.6 Å². The Morgan fingerprint density at radius 1 is 1.21 bits per heavy atom. The molecule has 3 N–H and O–H groups in total. The first-order chi connectivity index (χ1) is 18.2. The Balaban J connectivity index is 1.24. The first kappa shape index (κ1) is 26.0. The van der Waals surface area contributed by atoms with Crippen molar-refractivity contribution in [3.05, 3.63) is 75.7 Å². The number of ether oxygens (including phenoxy) is 2. The average Bonchev–Trinajstić information content (AvgIpc) is 3.55. The quantitative estimate of drug-likeness (QED) is 0.352. The summed E-state index contributed by atoms with van der Waals surface area (Å²) in [5, 5.41) is 14.6. The predicted octanol–water partition coefficient (Wildman–Crippen LogP) is 4.01. The molecule has 0 radical (unpaired) electrons. The number of nitrogens with zero attached hydrogens (tertiary/aromatic N) is 1. The van der Waals surface area contributed by atoms with Gasteiger partial charge in [-0.2, -0.15) is 4.31 Å². The fourth-order valence-electron chi connectivity index (χ4n) is 4.11. The summed E-state index contributed by atoms with van der Waals surface area (Å²) in [5.74, 6) is 0.651. The number of fused-ring (bicyclic) bond motifs is 2. The molecule has 10 nitrogen and oxygen atoms in total. The number of aliphatic hydroxyl groups excluding tert-OH is 1. The lowest BCUT2D eigenvalue weighted by Gasteiger charge is -2.22. The monoisotopic (exact) mass is 561 g/mol. The van der Waals surface area contributed by atoms with Crippen LogP contribution in [-0.2, 0) is 21.3 Å². The number of amides is 1. The van der Waals surface area contributed by atoms with E-state index in [2.05, 4.69) is 10.8 Å². The maximum absolute atomic E-state index is 13.3. The van der Waals surface area contributed by atoms with Crippen LogP contribution < -0.4 is 20.3 Å². The van der Waals surface area contributed by atoms with E-state index in [1.165, 1.54) is 48.0 Å². The number of rotatable bonds is 8. The van der Waals surface area contributed by atoms with Crippen molar-refractivity contribution in [2.24, 2.45) is 0 Å². The van der Waals surface area contributed by atoms with E-state index < -0.39 is 28.0 Å². The average molecular weight is 562 g/mol. The van der Waals surface area contributed by atoms with Gasteiger partial charge < -0.3 is 19.4 Å². The highest BCUT2D eigenvalue weighted by atomic mass is 32.2. The highest BCUT2D eigenvalue weighted by Gasteiger charge is 2.31. The number of likely N-dealkylation sites (N-methyl/N-ethyl adjacent to an activating group) is 1. The lowest BCUT2D eigenvalue weighted by Crippen LogP contribution is -2.31. The second-order valence-electron chi connectivity index (χ2n) is 8.60. The topological polar surface area (TPSA) is 126 Å². The Bertz CT molecular complexity index is 1490. The molecule has 5 rings (SSSR count). The third-order valence-electron chi connectivity index (χ3n) is 6.09. The van der Waals surface area contributed by atoms with E-state index in [0.29, 0.717) is 51.7 Å². The molecule has 0 saturated heterocycles. The number of aliphatic hydroxyl groups is 1. The number of benzene rings is 2. The van der Waals surface area contributed by atoms with Gasteiger partial charge in [0, 0.05) is 30.7 Å². The number of hydrogen-bond donors (Lipinski definition) is 3. The maximum atomic E-state index is 13.3. The molecule has 2 heterocycles. The molecule has 200 valence electrons. The predicted molar refractivity (Wildman–Crippen MR) is 138 cm³/mol. The smallest absolute Gasteiger partial charge is 0.435 e. The largest absolute Gasteiger partial charge is 0.454 e. The number of allylic oxidation sites excluding steroid dienone is 1. The van der Waals surface area contributed by atoms with E-state index in [1.807, 2.05) is 6.08 Å². The van der Waals surface area contributed by atoms with E-state index in [0.717, 1.165) is 4.31 Å². The van der Waals surface area contributed by atoms with Crippen molar-refractivity contribution in [1.82, 2.24) is 9.79 Å². The van der Waals surface area contributed by atoms with Gasteiger partial charge in [0.15, 0.2) is 11.5 Å². The number of anilines is 1. The SMILES string of the molecule is CN(CC(O)c1ccc(F)cc1)S(=O)(=O)c1csc2c1CCC=C2NOC(=O)Nc1ccc2c(c1)OCO2. The van der Waals surface area contributed by atoms with E-state index in [1.54, 1.807) is 18.2 Å². The van der Waals surface area contributed by atoms with Gasteiger partial charge in [-0.25, -0.2) is 23.1 Å². The zero-order valence-corrected chi connectivity index (χ0v) is 21.8. The van der Waals surface area contributed by atoms with Crippen LogP contribution in [0.2, 0.25) is 0 Å². The molecule has 0 spiro atoms. The highest BCUT2D eigenvalue weighted by molar-refractivity contribution is 7.89. The van der Waals surface area contributed by atoms with E-state index in [-0.39, 0.29) is 18.2 Å². The number of sulfonamides is 1. The molecule has 1 atom stereocenters. The van der Waals surface area contributed by atoms with Crippen LogP contribution in [-0.4, -0.2) is 44.3 Å². The lowest BCUT2D eigenvalue weighted by atomic mass is 10.0. The summed E-state index contributed by atoms with van der Waals surface area (Å²) in [5.41, 5.74) is 4.57. The third kappa shape index (κ3) is 5.31. The molecule has 3 aromatic rings. The van der Waals surface area contributed by atoms with E-state index in [9.17, 15) is 22.7 Å². The van der Waals surface area contributed by atoms with Crippen LogP contribution in [0.15, 0.2) is 58.8 Å². The molecule has 0 saturated carbocycles. The van der Waals surface area contributed by atoms with Gasteiger partial charge in [-0.15, -0.1) is 11.3 Å². The molecule has 0 fully saturated rings. The van der Waals surface area contributed by atoms with Crippen LogP contribution >= 0.6 is 11.3 Å². The summed E-state index contributed by atoms with van der Waals surface area (Å²) in [4.78, 5) is 18.2. The molecule has 2 aromatic carbocycles. The first-order valence-corrected chi connectivity index (χ1v) is 13.9. The Kier molecular flexibility index (Phi) is 7.25. The molecule has 1 amide bonds. The number of carbonyl (C=O) groups is 1. The molecule has 1 unspecified atom stereocenters. The number of carbonyl (C=O) groups excluding carboxylic acids is 1. The van der Waals surface area contributed by atoms with Crippen molar-refractivity contribution in [2.45, 2.75) is 23.8 Å². The van der Waals surface area contributed by atoms with Gasteiger partial charge in [-0.1, -0.05) is 18.2 Å². The van der Waals surface area contributed by atoms with Gasteiger partial charge >= 0.3 is 6.09 Å². The molecule has 1 aliphatic carbocycles. The van der Waals surface area contributed by atoms with Crippen LogP contribution in [0.25, 0.3) is 5.70 Å². The number of halogens is 1. The lowest BCUT2D eigenvalue weighted by molar-refractivity contribution is 0.130. The minimum atomic E-state index is -3.94. The molecule has 2 aliphatic rings. The molecule has 0 bridgehead atoms. The molecule has 38 heavy (non-hydrogen) atoms. The standard InChI is InChI=1S/C25H24FN3O7S2/c1-29(12-20(30)15-5-7-16(26)8-6-15)38(32,33)23-13-37-24-18(23)3-2-4-19(24)28-36-25(31)27-17-9-10-21-22(11-17)35-14-34-21/h4-11,13,20,28,30H,2-3,12,14H2,1H3,(H,27,31). The van der Waals surface area contributed by atoms with E-state index in [4.69, 9.17) is 14.3 Å². The Morgan fingerprint density at radius 3 is 2.76 bits per heavy atom. The minimum Gasteiger partial charge on any atom is -0.454 e. The zero-order chi connectivity index (χ0) is 26.9. The van der Waals surface area contributed by atoms with Gasteiger partial charge in [-0.05, 0) is 48.2 Å². The fourth-order valence-corrected chi connectivity index (χ4v) is 6.96. The molecular formula is C25H24FN3O7S2. The summed E-state index contributed by atoms with van der Waals surface area (Å²) in [7, 11) is -2.55. The van der Waals surface area contributed by atoms with E-state index >= 15 is 0 Å². The Labute approximate surface area is 222 Å². The fraction of sp³-hybridized carbons (Fsp3) is 0.240. The number of hydroxylamine groups is 1. The zero-order valence-electron chi connectivity index (χ0n) is 20.1. The van der Waals surface area contributed by atoms with Crippen molar-refractivity contribution < 1.29 is 37.0 Å². The minimum absolute atomic E-state index is 0.115. The molecular weight excluding hydrogens is 537 g/mol. The molecule has 1 aliphatic heterocycles. The van der Waals surface area contributed by atoms with Gasteiger partial charge in [0.1, 0.15) is 5.82 Å². The maximum Gasteiger partial charge on any atom is 0.435 e. The summed E-state index contributed by atoms with van der Waals surface area (Å²) in [6.07, 6.45) is 0.944. The van der Waals surface area contributed by atoms with Crippen molar-refractivity contribution in [3.8, 4) is 11.5 Å². The van der Waals surface area contributed by atoms with Crippen LogP contribution in [0.1, 0.15) is 28.5 Å². The van der Waals surface area contributed by atoms with Gasteiger partial charge in [0.25, 0.3) is 0 Å². The summed E-state index contributed by atoms with van der Waals surface area (Å²) >= 11 is 1.21. The van der Waals surface area contributed by atoms with Crippen LogP contribution in [0, 0.1) is 5.82 Å². The summed E-state index contributed by atoms with van der Waals surface area (Å²) in [6, 6.07) is 10.2. The third-order valence-corrected chi connectivity index (χ3v) is 9.18. The number of nitrogens with one attached hydrogen (secondary N) is 2. The van der Waals surface area contributed by atoms with Crippen LogP contribution in [0.5, 0.6) is 11.5 Å². The van der Waals surface area contributed by atoms with Gasteiger partial charge in [-0.3, -0.25) is 5.32 Å². The molecule has 13 heteroatoms. The Hall–Kier alpha value is -3.65. The van der Waals surface area contributed by atoms with Crippen molar-refractivity contribution in [2.75, 3.05) is 25.7 Å². The second kappa shape index (κ2) is 10.6. The van der Waals surface area contributed by atoms with Crippen LogP contribution in [0.3, 0.4) is 0 Å². The highest BCUT2D eigenvalue weighted by Crippen LogP contribution is 2.37. The Morgan fingerprint density at radius 2 is 1.97 bits per heavy atom. The molecule has 1 aromatic heterocycles. The number of hydrogen-bond acceptors (Lipinski definition) is 9. The van der Waals surface area contributed by atoms with Crippen LogP contribution in [0.4, 0.5) is 14.9 Å². The van der Waals surface area contributed by atoms with Gasteiger partial charge in [0.2, 0.25) is 16.8 Å². The summed E-state index contributed by atoms with van der Waals surface area (Å²) in [6.45, 7) is -0.0902. The second-order valence-corrected chi connectivity index (χ2v) is 11.5. The first-order valence-electron chi connectivity index (χ1n) is 11.6. The number of thiophene rings is 1. The normalized spacial score (nSPS) is 15.0.